The Balaban J connectivity index is 1.85. The normalized spacial score (nSPS) is 15.8. The Morgan fingerprint density at radius 1 is 1.06 bits per heavy atom. The first-order chi connectivity index (χ1) is 17.0. The second-order valence-electron chi connectivity index (χ2n) is 8.64. The molecule has 0 spiro atoms. The second-order valence-corrected chi connectivity index (χ2v) is 11.3. The summed E-state index contributed by atoms with van der Waals surface area (Å²) in [5.41, 5.74) is 0.738. The van der Waals surface area contributed by atoms with Gasteiger partial charge in [0.2, 0.25) is 11.8 Å². The predicted octanol–water partition coefficient (Wildman–Crippen LogP) is 4.25. The largest absolute Gasteiger partial charge is 0.352 e. The van der Waals surface area contributed by atoms with E-state index < -0.39 is 27.9 Å². The van der Waals surface area contributed by atoms with Crippen LogP contribution in [0.2, 0.25) is 10.0 Å². The fraction of sp³-hybridized carbons (Fsp3) is 0.400. The molecule has 2 atom stereocenters. The highest BCUT2D eigenvalue weighted by Gasteiger charge is 2.41. The molecule has 2 aromatic rings. The third kappa shape index (κ3) is 5.85. The monoisotopic (exact) mass is 553 g/mol. The zero-order valence-electron chi connectivity index (χ0n) is 20.3. The van der Waals surface area contributed by atoms with Crippen LogP contribution >= 0.6 is 23.2 Å². The topological polar surface area (TPSA) is 104 Å². The summed E-state index contributed by atoms with van der Waals surface area (Å²) in [4.78, 5) is 40.6. The summed E-state index contributed by atoms with van der Waals surface area (Å²) in [5, 5.41) is 3.58. The van der Waals surface area contributed by atoms with E-state index in [1.807, 2.05) is 13.8 Å². The first-order valence-electron chi connectivity index (χ1n) is 11.7. The van der Waals surface area contributed by atoms with Gasteiger partial charge in [-0.15, -0.1) is 0 Å². The van der Waals surface area contributed by atoms with E-state index in [1.165, 1.54) is 17.0 Å². The van der Waals surface area contributed by atoms with Crippen molar-refractivity contribution in [3.8, 4) is 0 Å². The van der Waals surface area contributed by atoms with Crippen LogP contribution in [0.3, 0.4) is 0 Å². The van der Waals surface area contributed by atoms with Crippen molar-refractivity contribution in [2.75, 3.05) is 6.54 Å². The summed E-state index contributed by atoms with van der Waals surface area (Å²) in [6, 6.07) is 9.99. The lowest BCUT2D eigenvalue weighted by Crippen LogP contribution is -2.51. The lowest BCUT2D eigenvalue weighted by atomic mass is 10.1. The fourth-order valence-electron chi connectivity index (χ4n) is 3.99. The average Bonchev–Trinajstić information content (AvgIpc) is 3.04. The number of sulfonamides is 1. The number of hydrogen-bond acceptors (Lipinski definition) is 5. The smallest absolute Gasteiger partial charge is 0.269 e. The number of amides is 3. The number of halogens is 2. The molecule has 3 rings (SSSR count). The van der Waals surface area contributed by atoms with Crippen molar-refractivity contribution in [3.63, 3.8) is 0 Å². The van der Waals surface area contributed by atoms with Gasteiger partial charge in [-0.3, -0.25) is 14.4 Å². The van der Waals surface area contributed by atoms with E-state index in [0.717, 1.165) is 6.42 Å². The number of rotatable bonds is 10. The molecular formula is C25H29Cl2N3O5S. The maximum atomic E-state index is 13.5. The summed E-state index contributed by atoms with van der Waals surface area (Å²) in [6.07, 6.45) is 0.771. The Morgan fingerprint density at radius 3 is 2.36 bits per heavy atom. The quantitative estimate of drug-likeness (QED) is 0.473. The number of nitrogens with zero attached hydrogens (tertiary/aromatic N) is 2. The third-order valence-corrected chi connectivity index (χ3v) is 8.74. The van der Waals surface area contributed by atoms with Crippen LogP contribution in [0, 0.1) is 0 Å². The Bertz CT molecular complexity index is 1270. The van der Waals surface area contributed by atoms with Gasteiger partial charge in [0.05, 0.1) is 15.6 Å². The van der Waals surface area contributed by atoms with E-state index in [9.17, 15) is 22.8 Å². The highest BCUT2D eigenvalue weighted by Crippen LogP contribution is 2.30. The molecule has 1 aliphatic rings. The zero-order valence-corrected chi connectivity index (χ0v) is 22.7. The van der Waals surface area contributed by atoms with E-state index >= 15 is 0 Å². The number of fused-ring (bicyclic) bond motifs is 1. The Morgan fingerprint density at radius 2 is 1.75 bits per heavy atom. The summed E-state index contributed by atoms with van der Waals surface area (Å²) < 4.78 is 26.5. The molecule has 0 aromatic heterocycles. The fourth-order valence-corrected chi connectivity index (χ4v) is 5.88. The summed E-state index contributed by atoms with van der Waals surface area (Å²) >= 11 is 12.2. The average molecular weight is 554 g/mol. The SMILES string of the molecule is CC[C@H](C)NC(=O)[C@H](CC)N(Cc1ccc(Cl)c(Cl)c1)C(=O)CCN1C(=O)c2ccccc2S1(=O)=O. The molecule has 1 N–H and O–H groups in total. The van der Waals surface area contributed by atoms with Crippen molar-refractivity contribution in [3.05, 3.63) is 63.6 Å². The van der Waals surface area contributed by atoms with Gasteiger partial charge in [-0.2, -0.15) is 0 Å². The Hall–Kier alpha value is -2.62. The molecule has 0 saturated heterocycles. The summed E-state index contributed by atoms with van der Waals surface area (Å²) in [5.74, 6) is -1.44. The third-order valence-electron chi connectivity index (χ3n) is 6.16. The Kier molecular flexibility index (Phi) is 9.03. The van der Waals surface area contributed by atoms with Gasteiger partial charge in [-0.1, -0.05) is 55.2 Å². The van der Waals surface area contributed by atoms with Crippen LogP contribution in [0.25, 0.3) is 0 Å². The van der Waals surface area contributed by atoms with Crippen LogP contribution in [0.1, 0.15) is 56.0 Å². The van der Waals surface area contributed by atoms with Crippen molar-refractivity contribution in [1.29, 1.82) is 0 Å². The van der Waals surface area contributed by atoms with E-state index in [4.69, 9.17) is 23.2 Å². The van der Waals surface area contributed by atoms with Gasteiger partial charge in [0, 0.05) is 25.6 Å². The standard InChI is InChI=1S/C25H29Cl2N3O5S/c1-4-16(3)28-24(32)21(5-2)29(15-17-10-11-19(26)20(27)14-17)23(31)12-13-30-25(33)18-8-6-7-9-22(18)36(30,34)35/h6-11,14,16,21H,4-5,12-13,15H2,1-3H3,(H,28,32)/t16-,21-/m0/s1. The lowest BCUT2D eigenvalue weighted by molar-refractivity contribution is -0.141. The highest BCUT2D eigenvalue weighted by atomic mass is 35.5. The molecule has 0 bridgehead atoms. The number of nitrogens with one attached hydrogen (secondary N) is 1. The van der Waals surface area contributed by atoms with Gasteiger partial charge in [0.25, 0.3) is 15.9 Å². The minimum atomic E-state index is -4.05. The molecule has 36 heavy (non-hydrogen) atoms. The second kappa shape index (κ2) is 11.6. The van der Waals surface area contributed by atoms with Crippen molar-refractivity contribution in [2.45, 2.75) is 63.6 Å². The molecule has 0 unspecified atom stereocenters. The van der Waals surface area contributed by atoms with E-state index in [2.05, 4.69) is 5.32 Å². The zero-order chi connectivity index (χ0) is 26.6. The van der Waals surface area contributed by atoms with Crippen molar-refractivity contribution < 1.29 is 22.8 Å². The minimum absolute atomic E-state index is 0.0586. The lowest BCUT2D eigenvalue weighted by Gasteiger charge is -2.32. The number of carbonyl (C=O) groups is 3. The Labute approximate surface area is 221 Å². The maximum Gasteiger partial charge on any atom is 0.269 e. The minimum Gasteiger partial charge on any atom is -0.352 e. The van der Waals surface area contributed by atoms with Crippen molar-refractivity contribution in [2.24, 2.45) is 0 Å². The van der Waals surface area contributed by atoms with Crippen LogP contribution < -0.4 is 5.32 Å². The molecule has 0 radical (unpaired) electrons. The maximum absolute atomic E-state index is 13.5. The highest BCUT2D eigenvalue weighted by molar-refractivity contribution is 7.90. The predicted molar refractivity (Wildman–Crippen MR) is 138 cm³/mol. The molecule has 8 nitrogen and oxygen atoms in total. The van der Waals surface area contributed by atoms with E-state index in [1.54, 1.807) is 37.3 Å². The number of carbonyl (C=O) groups excluding carboxylic acids is 3. The van der Waals surface area contributed by atoms with Gasteiger partial charge in [0.1, 0.15) is 10.9 Å². The molecule has 0 fully saturated rings. The molecule has 3 amide bonds. The van der Waals surface area contributed by atoms with Crippen LogP contribution in [-0.4, -0.2) is 54.0 Å². The summed E-state index contributed by atoms with van der Waals surface area (Å²) in [6.45, 7) is 5.33. The molecule has 1 heterocycles. The van der Waals surface area contributed by atoms with Crippen molar-refractivity contribution >= 4 is 50.9 Å². The van der Waals surface area contributed by atoms with Gasteiger partial charge in [-0.05, 0) is 49.6 Å². The molecule has 194 valence electrons. The van der Waals surface area contributed by atoms with Gasteiger partial charge < -0.3 is 10.2 Å². The molecule has 11 heteroatoms. The molecule has 1 aliphatic heterocycles. The van der Waals surface area contributed by atoms with Crippen molar-refractivity contribution in [1.82, 2.24) is 14.5 Å². The molecule has 0 saturated carbocycles. The van der Waals surface area contributed by atoms with Gasteiger partial charge >= 0.3 is 0 Å². The van der Waals surface area contributed by atoms with E-state index in [-0.39, 0.29) is 41.9 Å². The molecular weight excluding hydrogens is 525 g/mol. The van der Waals surface area contributed by atoms with Gasteiger partial charge in [0.15, 0.2) is 0 Å². The van der Waals surface area contributed by atoms with E-state index in [0.29, 0.717) is 26.3 Å². The number of hydrogen-bond donors (Lipinski definition) is 1. The summed E-state index contributed by atoms with van der Waals surface area (Å²) in [7, 11) is -4.05. The molecule has 0 aliphatic carbocycles. The van der Waals surface area contributed by atoms with Gasteiger partial charge in [-0.25, -0.2) is 12.7 Å². The van der Waals surface area contributed by atoms with Crippen LogP contribution in [-0.2, 0) is 26.2 Å². The first kappa shape index (κ1) is 28.0. The van der Waals surface area contributed by atoms with Crippen LogP contribution in [0.15, 0.2) is 47.4 Å². The first-order valence-corrected chi connectivity index (χ1v) is 13.9. The van der Waals surface area contributed by atoms with Crippen LogP contribution in [0.4, 0.5) is 0 Å². The van der Waals surface area contributed by atoms with Crippen LogP contribution in [0.5, 0.6) is 0 Å². The molecule has 2 aromatic carbocycles. The number of benzene rings is 2.